The van der Waals surface area contributed by atoms with Crippen LogP contribution in [0.4, 0.5) is 81.6 Å². The molecule has 2 rings (SSSR count). The second-order valence-electron chi connectivity index (χ2n) is 10.4. The molecule has 0 saturated carbocycles. The number of alkyl halides is 16. The van der Waals surface area contributed by atoms with Crippen molar-refractivity contribution in [2.24, 2.45) is 0 Å². The summed E-state index contributed by atoms with van der Waals surface area (Å²) in [5.41, 5.74) is 4.58. The topological polar surface area (TPSA) is 52.0 Å². The molecule has 2 aromatic rings. The molecule has 2 aromatic carbocycles. The maximum Gasteiger partial charge on any atom is 0.385 e. The van der Waals surface area contributed by atoms with Gasteiger partial charge in [-0.15, -0.1) is 0 Å². The van der Waals surface area contributed by atoms with Crippen LogP contribution >= 0.6 is 0 Å². The Morgan fingerprint density at radius 2 is 0.543 bits per heavy atom. The first-order valence-corrected chi connectivity index (χ1v) is 13.4. The highest BCUT2D eigenvalue weighted by Crippen LogP contribution is 2.66. The Hall–Kier alpha value is -3.08. The van der Waals surface area contributed by atoms with Gasteiger partial charge in [0.05, 0.1) is 0 Å². The summed E-state index contributed by atoms with van der Waals surface area (Å²) < 4.78 is 235. The molecule has 262 valence electrons. The Kier molecular flexibility index (Phi) is 10.1. The third kappa shape index (κ3) is 5.21. The maximum atomic E-state index is 14.9. The summed E-state index contributed by atoms with van der Waals surface area (Å²) in [5, 5.41) is 0. The van der Waals surface area contributed by atoms with Crippen molar-refractivity contribution in [1.29, 1.82) is 0 Å². The van der Waals surface area contributed by atoms with Gasteiger partial charge in [0.15, 0.2) is 0 Å². The molecule has 18 heteroatoms. The number of hydrogen-bond donors (Lipinski definition) is 2. The van der Waals surface area contributed by atoms with Crippen LogP contribution < -0.4 is 11.5 Å². The minimum Gasteiger partial charge on any atom is -0.398 e. The van der Waals surface area contributed by atoms with Gasteiger partial charge in [-0.05, 0) is 72.2 Å². The lowest BCUT2D eigenvalue weighted by Gasteiger charge is -2.44. The number of hydrogen-bond acceptors (Lipinski definition) is 2. The summed E-state index contributed by atoms with van der Waals surface area (Å²) in [6.45, 7) is 4.85. The lowest BCUT2D eigenvalue weighted by atomic mass is 9.84. The highest BCUT2D eigenvalue weighted by molar-refractivity contribution is 5.57. The molecular formula is C28H28F16N2. The SMILES string of the molecule is CCc1cc(C(F)(F)C(F)(F)C(F)(F)C(F)(F)C(F)(F)C(F)(F)C(F)(F)C(F)(F)c2cc(CC)c(N)c(CC)c2)cc(CC)c1N. The molecule has 0 fully saturated rings. The molecule has 0 spiro atoms. The van der Waals surface area contributed by atoms with Gasteiger partial charge in [0.2, 0.25) is 0 Å². The molecule has 0 aliphatic carbocycles. The van der Waals surface area contributed by atoms with Crippen LogP contribution in [-0.4, -0.2) is 35.5 Å². The zero-order chi connectivity index (χ0) is 36.3. The van der Waals surface area contributed by atoms with Crippen molar-refractivity contribution in [3.63, 3.8) is 0 Å². The fourth-order valence-corrected chi connectivity index (χ4v) is 4.64. The quantitative estimate of drug-likeness (QED) is 0.162. The fraction of sp³-hybridized carbons (Fsp3) is 0.571. The van der Waals surface area contributed by atoms with Gasteiger partial charge in [-0.2, -0.15) is 70.2 Å². The third-order valence-electron chi connectivity index (χ3n) is 7.71. The van der Waals surface area contributed by atoms with Gasteiger partial charge in [-0.3, -0.25) is 0 Å². The van der Waals surface area contributed by atoms with Crippen molar-refractivity contribution in [3.8, 4) is 0 Å². The van der Waals surface area contributed by atoms with Crippen molar-refractivity contribution in [2.75, 3.05) is 11.5 Å². The molecule has 0 heterocycles. The van der Waals surface area contributed by atoms with E-state index in [-0.39, 0.29) is 61.3 Å². The summed E-state index contributed by atoms with van der Waals surface area (Å²) in [6.07, 6.45) is -1.33. The van der Waals surface area contributed by atoms with Crippen LogP contribution in [0.5, 0.6) is 0 Å². The predicted molar refractivity (Wildman–Crippen MR) is 137 cm³/mol. The van der Waals surface area contributed by atoms with Crippen LogP contribution in [0.1, 0.15) is 61.1 Å². The Balaban J connectivity index is 2.77. The monoisotopic (exact) mass is 696 g/mol. The van der Waals surface area contributed by atoms with Gasteiger partial charge < -0.3 is 11.5 Å². The number of halogens is 16. The third-order valence-corrected chi connectivity index (χ3v) is 7.71. The second-order valence-corrected chi connectivity index (χ2v) is 10.4. The van der Waals surface area contributed by atoms with Gasteiger partial charge in [-0.25, -0.2) is 0 Å². The number of rotatable bonds is 13. The highest BCUT2D eigenvalue weighted by atomic mass is 19.4. The van der Waals surface area contributed by atoms with E-state index in [1.165, 1.54) is 27.7 Å². The van der Waals surface area contributed by atoms with Gasteiger partial charge >= 0.3 is 47.4 Å². The van der Waals surface area contributed by atoms with Crippen LogP contribution in [0.15, 0.2) is 24.3 Å². The smallest absolute Gasteiger partial charge is 0.385 e. The summed E-state index contributed by atoms with van der Waals surface area (Å²) in [7, 11) is 0. The van der Waals surface area contributed by atoms with E-state index in [0.717, 1.165) is 0 Å². The average Bonchev–Trinajstić information content (AvgIpc) is 2.96. The van der Waals surface area contributed by atoms with Gasteiger partial charge in [0.25, 0.3) is 0 Å². The first-order chi connectivity index (χ1) is 20.5. The molecule has 0 aromatic heterocycles. The van der Waals surface area contributed by atoms with E-state index >= 15 is 0 Å². The molecule has 2 nitrogen and oxygen atoms in total. The number of aryl methyl sites for hydroxylation is 4. The summed E-state index contributed by atoms with van der Waals surface area (Å²) in [6, 6.07) is 0.166. The largest absolute Gasteiger partial charge is 0.398 e. The first-order valence-electron chi connectivity index (χ1n) is 13.4. The van der Waals surface area contributed by atoms with E-state index in [4.69, 9.17) is 11.5 Å². The maximum absolute atomic E-state index is 14.9. The summed E-state index contributed by atoms with van der Waals surface area (Å²) in [4.78, 5) is 0. The minimum absolute atomic E-state index is 0.0415. The highest BCUT2D eigenvalue weighted by Gasteiger charge is 2.95. The van der Waals surface area contributed by atoms with E-state index in [1.807, 2.05) is 0 Å². The number of benzene rings is 2. The Bertz CT molecular complexity index is 1280. The van der Waals surface area contributed by atoms with E-state index in [0.29, 0.717) is 0 Å². The molecule has 0 unspecified atom stereocenters. The summed E-state index contributed by atoms with van der Waals surface area (Å²) >= 11 is 0. The molecule has 0 bridgehead atoms. The number of anilines is 2. The van der Waals surface area contributed by atoms with Gasteiger partial charge in [0, 0.05) is 22.5 Å². The fourth-order valence-electron chi connectivity index (χ4n) is 4.64. The normalized spacial score (nSPS) is 14.6. The lowest BCUT2D eigenvalue weighted by molar-refractivity contribution is -0.456. The van der Waals surface area contributed by atoms with Crippen molar-refractivity contribution in [1.82, 2.24) is 0 Å². The Labute approximate surface area is 252 Å². The number of nitrogen functional groups attached to an aromatic ring is 2. The lowest BCUT2D eigenvalue weighted by Crippen LogP contribution is -2.74. The molecule has 0 aliphatic rings. The molecule has 0 saturated heterocycles. The zero-order valence-corrected chi connectivity index (χ0v) is 24.3. The van der Waals surface area contributed by atoms with Crippen LogP contribution in [-0.2, 0) is 37.5 Å². The van der Waals surface area contributed by atoms with Crippen LogP contribution in [0.2, 0.25) is 0 Å². The van der Waals surface area contributed by atoms with Crippen LogP contribution in [0.3, 0.4) is 0 Å². The van der Waals surface area contributed by atoms with Crippen LogP contribution in [0.25, 0.3) is 0 Å². The van der Waals surface area contributed by atoms with E-state index in [2.05, 4.69) is 0 Å². The summed E-state index contributed by atoms with van der Waals surface area (Å²) in [5.74, 6) is -62.2. The van der Waals surface area contributed by atoms with Crippen LogP contribution in [0, 0.1) is 0 Å². The van der Waals surface area contributed by atoms with Crippen molar-refractivity contribution in [3.05, 3.63) is 57.6 Å². The molecule has 0 aliphatic heterocycles. The van der Waals surface area contributed by atoms with Crippen molar-refractivity contribution in [2.45, 2.75) is 101 Å². The van der Waals surface area contributed by atoms with E-state index in [9.17, 15) is 70.2 Å². The molecule has 4 N–H and O–H groups in total. The molecule has 0 atom stereocenters. The van der Waals surface area contributed by atoms with E-state index < -0.39 is 80.8 Å². The van der Waals surface area contributed by atoms with Gasteiger partial charge in [0.1, 0.15) is 0 Å². The Morgan fingerprint density at radius 1 is 0.370 bits per heavy atom. The molecule has 0 radical (unpaired) electrons. The van der Waals surface area contributed by atoms with Crippen molar-refractivity contribution >= 4 is 11.4 Å². The van der Waals surface area contributed by atoms with Gasteiger partial charge in [-0.1, -0.05) is 27.7 Å². The zero-order valence-electron chi connectivity index (χ0n) is 24.3. The second kappa shape index (κ2) is 11.9. The number of nitrogens with two attached hydrogens (primary N) is 2. The predicted octanol–water partition coefficient (Wildman–Crippen LogP) is 9.80. The molecule has 46 heavy (non-hydrogen) atoms. The standard InChI is InChI=1S/C28H28F16N2/c1-5-13-9-17(10-14(6-2)19(13)45)21(29,30)23(33,34)25(37,38)27(41,42)28(43,44)26(39,40)24(35,36)22(31,32)18-11-15(7-3)20(46)16(8-4)12-18/h9-12H,5-8,45-46H2,1-4H3. The minimum atomic E-state index is -8.52. The Morgan fingerprint density at radius 3 is 0.717 bits per heavy atom. The molecule has 0 amide bonds. The van der Waals surface area contributed by atoms with E-state index in [1.54, 1.807) is 0 Å². The molecular weight excluding hydrogens is 668 g/mol. The van der Waals surface area contributed by atoms with Crippen molar-refractivity contribution < 1.29 is 70.2 Å². The first kappa shape index (κ1) is 39.1. The average molecular weight is 697 g/mol.